The maximum absolute atomic E-state index is 11.6. The van der Waals surface area contributed by atoms with E-state index in [0.29, 0.717) is 5.69 Å². The van der Waals surface area contributed by atoms with E-state index >= 15 is 0 Å². The highest BCUT2D eigenvalue weighted by atomic mass is 16.1. The second-order valence-corrected chi connectivity index (χ2v) is 3.26. The van der Waals surface area contributed by atoms with Crippen LogP contribution in [0.4, 0.5) is 0 Å². The lowest BCUT2D eigenvalue weighted by Gasteiger charge is -2.09. The second kappa shape index (κ2) is 4.15. The number of carbonyl (C=O) groups is 1. The fourth-order valence-electron chi connectivity index (χ4n) is 1.46. The third-order valence-electron chi connectivity index (χ3n) is 2.21. The fourth-order valence-corrected chi connectivity index (χ4v) is 1.46. The summed E-state index contributed by atoms with van der Waals surface area (Å²) in [7, 11) is 0. The number of aromatic nitrogens is 2. The highest BCUT2D eigenvalue weighted by Crippen LogP contribution is 1.99. The van der Waals surface area contributed by atoms with Gasteiger partial charge in [0.15, 0.2) is 0 Å². The van der Waals surface area contributed by atoms with E-state index in [1.807, 2.05) is 0 Å². The van der Waals surface area contributed by atoms with Crippen molar-refractivity contribution in [2.24, 2.45) is 0 Å². The Kier molecular flexibility index (Phi) is 2.69. The molecule has 5 heteroatoms. The van der Waals surface area contributed by atoms with Gasteiger partial charge in [-0.25, -0.2) is 9.97 Å². The topological polar surface area (TPSA) is 66.9 Å². The molecule has 14 heavy (non-hydrogen) atoms. The number of hydrogen-bond acceptors (Lipinski definition) is 4. The van der Waals surface area contributed by atoms with Gasteiger partial charge in [0.2, 0.25) is 0 Å². The van der Waals surface area contributed by atoms with Crippen LogP contribution in [-0.2, 0) is 0 Å². The number of nitrogens with zero attached hydrogens (tertiary/aromatic N) is 2. The largest absolute Gasteiger partial charge is 0.347 e. The number of nitrogens with one attached hydrogen (secondary N) is 2. The molecule has 0 aliphatic carbocycles. The quantitative estimate of drug-likeness (QED) is 0.667. The maximum Gasteiger partial charge on any atom is 0.270 e. The molecule has 2 heterocycles. The number of rotatable bonds is 2. The highest BCUT2D eigenvalue weighted by molar-refractivity contribution is 5.92. The first kappa shape index (κ1) is 9.08. The first-order chi connectivity index (χ1) is 6.86. The maximum atomic E-state index is 11.6. The van der Waals surface area contributed by atoms with E-state index in [4.69, 9.17) is 0 Å². The monoisotopic (exact) mass is 192 g/mol. The van der Waals surface area contributed by atoms with Gasteiger partial charge in [-0.3, -0.25) is 4.79 Å². The third-order valence-corrected chi connectivity index (χ3v) is 2.21. The number of hydrogen-bond donors (Lipinski definition) is 2. The van der Waals surface area contributed by atoms with Crippen molar-refractivity contribution < 1.29 is 4.79 Å². The normalized spacial score (nSPS) is 20.7. The van der Waals surface area contributed by atoms with Crippen molar-refractivity contribution >= 4 is 5.91 Å². The predicted octanol–water partition coefficient (Wildman–Crippen LogP) is -0.432. The first-order valence-electron chi connectivity index (χ1n) is 4.64. The summed E-state index contributed by atoms with van der Waals surface area (Å²) >= 11 is 0. The smallest absolute Gasteiger partial charge is 0.270 e. The van der Waals surface area contributed by atoms with Crippen LogP contribution < -0.4 is 10.6 Å². The van der Waals surface area contributed by atoms with Gasteiger partial charge in [0.1, 0.15) is 12.0 Å². The van der Waals surface area contributed by atoms with Gasteiger partial charge in [0.25, 0.3) is 5.91 Å². The van der Waals surface area contributed by atoms with Crippen molar-refractivity contribution in [2.45, 2.75) is 12.5 Å². The summed E-state index contributed by atoms with van der Waals surface area (Å²) in [5.74, 6) is -0.124. The van der Waals surface area contributed by atoms with E-state index in [9.17, 15) is 4.79 Å². The summed E-state index contributed by atoms with van der Waals surface area (Å²) in [6.07, 6.45) is 3.92. The minimum absolute atomic E-state index is 0.124. The van der Waals surface area contributed by atoms with Gasteiger partial charge in [-0.1, -0.05) is 0 Å². The summed E-state index contributed by atoms with van der Waals surface area (Å²) < 4.78 is 0. The summed E-state index contributed by atoms with van der Waals surface area (Å²) in [4.78, 5) is 19.2. The predicted molar refractivity (Wildman–Crippen MR) is 50.8 cm³/mol. The Labute approximate surface area is 82.0 Å². The van der Waals surface area contributed by atoms with Crippen LogP contribution in [0.2, 0.25) is 0 Å². The van der Waals surface area contributed by atoms with E-state index in [2.05, 4.69) is 20.6 Å². The molecule has 0 radical (unpaired) electrons. The van der Waals surface area contributed by atoms with Crippen LogP contribution in [0.1, 0.15) is 16.9 Å². The van der Waals surface area contributed by atoms with Gasteiger partial charge in [-0.2, -0.15) is 0 Å². The average molecular weight is 192 g/mol. The van der Waals surface area contributed by atoms with Gasteiger partial charge in [-0.15, -0.1) is 0 Å². The molecule has 0 spiro atoms. The van der Waals surface area contributed by atoms with Gasteiger partial charge >= 0.3 is 0 Å². The second-order valence-electron chi connectivity index (χ2n) is 3.26. The Morgan fingerprint density at radius 3 is 3.21 bits per heavy atom. The molecule has 1 aliphatic heterocycles. The molecule has 0 aromatic carbocycles. The van der Waals surface area contributed by atoms with Crippen molar-refractivity contribution in [3.8, 4) is 0 Å². The van der Waals surface area contributed by atoms with Crippen LogP contribution >= 0.6 is 0 Å². The zero-order valence-electron chi connectivity index (χ0n) is 7.73. The fraction of sp³-hybridized carbons (Fsp3) is 0.444. The first-order valence-corrected chi connectivity index (χ1v) is 4.64. The van der Waals surface area contributed by atoms with Crippen LogP contribution in [0.3, 0.4) is 0 Å². The molecule has 1 atom stereocenters. The minimum Gasteiger partial charge on any atom is -0.347 e. The van der Waals surface area contributed by atoms with Crippen LogP contribution in [0, 0.1) is 0 Å². The molecule has 2 rings (SSSR count). The summed E-state index contributed by atoms with van der Waals surface area (Å²) in [5, 5.41) is 6.09. The molecular formula is C9H12N4O. The van der Waals surface area contributed by atoms with E-state index < -0.39 is 0 Å². The van der Waals surface area contributed by atoms with Gasteiger partial charge < -0.3 is 10.6 Å². The molecule has 1 amide bonds. The van der Waals surface area contributed by atoms with Crippen LogP contribution in [0.25, 0.3) is 0 Å². The summed E-state index contributed by atoms with van der Waals surface area (Å²) in [5.41, 5.74) is 0.423. The van der Waals surface area contributed by atoms with Crippen molar-refractivity contribution in [1.29, 1.82) is 0 Å². The highest BCUT2D eigenvalue weighted by Gasteiger charge is 2.17. The van der Waals surface area contributed by atoms with Gasteiger partial charge in [0.05, 0.1) is 0 Å². The Morgan fingerprint density at radius 2 is 2.57 bits per heavy atom. The van der Waals surface area contributed by atoms with Crippen molar-refractivity contribution in [3.05, 3.63) is 24.3 Å². The van der Waals surface area contributed by atoms with E-state index in [0.717, 1.165) is 19.5 Å². The average Bonchev–Trinajstić information content (AvgIpc) is 2.72. The van der Waals surface area contributed by atoms with Gasteiger partial charge in [0, 0.05) is 18.8 Å². The molecule has 1 aromatic rings. The number of amides is 1. The zero-order chi connectivity index (χ0) is 9.80. The van der Waals surface area contributed by atoms with Crippen LogP contribution in [-0.4, -0.2) is 35.0 Å². The standard InChI is InChI=1S/C9H12N4O/c14-9(8-2-4-11-6-12-8)13-7-1-3-10-5-7/h2,4,6-7,10H,1,3,5H2,(H,13,14)/t7-/m0/s1. The molecule has 5 nitrogen and oxygen atoms in total. The Hall–Kier alpha value is -1.49. The van der Waals surface area contributed by atoms with E-state index in [1.165, 1.54) is 6.33 Å². The molecule has 74 valence electrons. The van der Waals surface area contributed by atoms with Gasteiger partial charge in [-0.05, 0) is 19.0 Å². The lowest BCUT2D eigenvalue weighted by molar-refractivity contribution is 0.0935. The summed E-state index contributed by atoms with van der Waals surface area (Å²) in [6, 6.07) is 1.84. The van der Waals surface area contributed by atoms with E-state index in [1.54, 1.807) is 12.3 Å². The molecule has 0 unspecified atom stereocenters. The van der Waals surface area contributed by atoms with Crippen LogP contribution in [0.15, 0.2) is 18.6 Å². The van der Waals surface area contributed by atoms with Crippen molar-refractivity contribution in [1.82, 2.24) is 20.6 Å². The molecule has 0 saturated carbocycles. The molecule has 1 saturated heterocycles. The summed E-state index contributed by atoms with van der Waals surface area (Å²) in [6.45, 7) is 1.81. The van der Waals surface area contributed by atoms with E-state index in [-0.39, 0.29) is 11.9 Å². The molecule has 1 aromatic heterocycles. The molecule has 0 bridgehead atoms. The molecule has 2 N–H and O–H groups in total. The lowest BCUT2D eigenvalue weighted by atomic mass is 10.2. The molecule has 1 aliphatic rings. The third kappa shape index (κ3) is 2.05. The Bertz CT molecular complexity index is 308. The molecular weight excluding hydrogens is 180 g/mol. The molecule has 1 fully saturated rings. The SMILES string of the molecule is O=C(N[C@H]1CCNC1)c1ccncn1. The van der Waals surface area contributed by atoms with Crippen molar-refractivity contribution in [2.75, 3.05) is 13.1 Å². The van der Waals surface area contributed by atoms with Crippen molar-refractivity contribution in [3.63, 3.8) is 0 Å². The Morgan fingerprint density at radius 1 is 1.64 bits per heavy atom. The minimum atomic E-state index is -0.124. The van der Waals surface area contributed by atoms with Crippen LogP contribution in [0.5, 0.6) is 0 Å². The lowest BCUT2D eigenvalue weighted by Crippen LogP contribution is -2.36. The Balaban J connectivity index is 1.95. The number of carbonyl (C=O) groups excluding carboxylic acids is 1. The zero-order valence-corrected chi connectivity index (χ0v) is 7.73.